The molecule has 2 atom stereocenters. The highest BCUT2D eigenvalue weighted by atomic mass is 32.2. The predicted molar refractivity (Wildman–Crippen MR) is 116 cm³/mol. The van der Waals surface area contributed by atoms with E-state index in [1.54, 1.807) is 12.1 Å². The summed E-state index contributed by atoms with van der Waals surface area (Å²) in [5.74, 6) is 1.01. The summed E-state index contributed by atoms with van der Waals surface area (Å²) in [4.78, 5) is 25.3. The van der Waals surface area contributed by atoms with Crippen LogP contribution in [0.2, 0.25) is 0 Å². The third-order valence-corrected chi connectivity index (χ3v) is 8.66. The van der Waals surface area contributed by atoms with Gasteiger partial charge in [-0.25, -0.2) is 8.42 Å². The van der Waals surface area contributed by atoms with E-state index in [4.69, 9.17) is 4.74 Å². The van der Waals surface area contributed by atoms with Gasteiger partial charge in [-0.3, -0.25) is 9.59 Å². The van der Waals surface area contributed by atoms with Crippen LogP contribution in [0, 0.1) is 24.7 Å². The molecule has 170 valence electrons. The lowest BCUT2D eigenvalue weighted by Crippen LogP contribution is -2.61. The lowest BCUT2D eigenvalue weighted by molar-refractivity contribution is -0.157. The van der Waals surface area contributed by atoms with Crippen molar-refractivity contribution in [3.05, 3.63) is 29.8 Å². The fourth-order valence-corrected chi connectivity index (χ4v) is 7.21. The first kappa shape index (κ1) is 22.3. The lowest BCUT2D eigenvalue weighted by atomic mass is 9.53. The zero-order valence-corrected chi connectivity index (χ0v) is 19.2. The number of nitrogens with one attached hydrogen (secondary N) is 2. The number of hydrogen-bond donors (Lipinski definition) is 2. The second-order valence-corrected chi connectivity index (χ2v) is 11.6. The van der Waals surface area contributed by atoms with E-state index in [-0.39, 0.29) is 16.3 Å². The van der Waals surface area contributed by atoms with E-state index in [1.807, 2.05) is 6.92 Å². The number of carbonyl (C=O) groups is 2. The van der Waals surface area contributed by atoms with Gasteiger partial charge in [-0.2, -0.15) is 4.72 Å². The molecule has 1 aromatic carbocycles. The molecule has 0 spiro atoms. The maximum atomic E-state index is 12.8. The number of benzene rings is 1. The second kappa shape index (κ2) is 8.20. The van der Waals surface area contributed by atoms with Gasteiger partial charge in [0.1, 0.15) is 6.04 Å². The van der Waals surface area contributed by atoms with Crippen LogP contribution in [0.5, 0.6) is 0 Å². The average Bonchev–Trinajstić information content (AvgIpc) is 2.66. The van der Waals surface area contributed by atoms with Crippen LogP contribution in [0.25, 0.3) is 0 Å². The second-order valence-electron chi connectivity index (χ2n) is 9.92. The summed E-state index contributed by atoms with van der Waals surface area (Å²) in [6.45, 7) is 4.81. The van der Waals surface area contributed by atoms with Gasteiger partial charge in [-0.1, -0.05) is 17.7 Å². The van der Waals surface area contributed by atoms with Gasteiger partial charge in [0.25, 0.3) is 5.91 Å². The normalized spacial score (nSPS) is 31.1. The molecule has 0 radical (unpaired) electrons. The molecule has 2 N–H and O–H groups in total. The van der Waals surface area contributed by atoms with E-state index in [1.165, 1.54) is 45.2 Å². The third-order valence-electron chi connectivity index (χ3n) is 7.11. The Labute approximate surface area is 184 Å². The number of amides is 1. The molecule has 4 aliphatic rings. The average molecular weight is 449 g/mol. The van der Waals surface area contributed by atoms with Crippen molar-refractivity contribution >= 4 is 21.9 Å². The van der Waals surface area contributed by atoms with Gasteiger partial charge in [0, 0.05) is 5.54 Å². The fraction of sp³-hybridized carbons (Fsp3) is 0.652. The van der Waals surface area contributed by atoms with Crippen LogP contribution in [-0.2, 0) is 24.3 Å². The zero-order valence-electron chi connectivity index (χ0n) is 18.4. The van der Waals surface area contributed by atoms with Crippen molar-refractivity contribution in [1.29, 1.82) is 0 Å². The zero-order chi connectivity index (χ0) is 22.4. The predicted octanol–water partition coefficient (Wildman–Crippen LogP) is 2.68. The standard InChI is InChI=1S/C23H32N2O5S/c1-14-4-6-20(7-5-14)31(28,29)25-15(2)22(27)30-16(3)21(26)24-23-11-17-8-18(12-23)10-19(9-17)13-23/h4-7,15-19,25H,8-13H2,1-3H3,(H,24,26)/t15-,16+,17?,18?,19?,23?/m0/s1. The molecular formula is C23H32N2O5S. The van der Waals surface area contributed by atoms with Crippen LogP contribution in [0.4, 0.5) is 0 Å². The molecule has 4 aliphatic carbocycles. The van der Waals surface area contributed by atoms with Crippen LogP contribution >= 0.6 is 0 Å². The molecule has 1 aromatic rings. The highest BCUT2D eigenvalue weighted by Gasteiger charge is 2.51. The van der Waals surface area contributed by atoms with E-state index < -0.39 is 28.1 Å². The quantitative estimate of drug-likeness (QED) is 0.625. The van der Waals surface area contributed by atoms with Crippen molar-refractivity contribution in [3.8, 4) is 0 Å². The summed E-state index contributed by atoms with van der Waals surface area (Å²) in [5.41, 5.74) is 0.774. The highest BCUT2D eigenvalue weighted by molar-refractivity contribution is 7.89. The van der Waals surface area contributed by atoms with Gasteiger partial charge >= 0.3 is 5.97 Å². The minimum atomic E-state index is -3.87. The van der Waals surface area contributed by atoms with Crippen molar-refractivity contribution in [2.75, 3.05) is 0 Å². The molecule has 31 heavy (non-hydrogen) atoms. The summed E-state index contributed by atoms with van der Waals surface area (Å²) >= 11 is 0. The molecule has 4 fully saturated rings. The van der Waals surface area contributed by atoms with E-state index in [2.05, 4.69) is 10.0 Å². The molecule has 0 aliphatic heterocycles. The number of rotatable bonds is 7. The number of ether oxygens (including phenoxy) is 1. The van der Waals surface area contributed by atoms with E-state index in [0.29, 0.717) is 17.8 Å². The third kappa shape index (κ3) is 4.80. The first-order valence-corrected chi connectivity index (χ1v) is 12.6. The molecule has 0 unspecified atom stereocenters. The maximum Gasteiger partial charge on any atom is 0.324 e. The molecule has 8 heteroatoms. The van der Waals surface area contributed by atoms with Crippen molar-refractivity contribution in [1.82, 2.24) is 10.0 Å². The Morgan fingerprint density at radius 2 is 1.52 bits per heavy atom. The van der Waals surface area contributed by atoms with E-state index in [9.17, 15) is 18.0 Å². The molecule has 1 amide bonds. The largest absolute Gasteiger partial charge is 0.451 e. The van der Waals surface area contributed by atoms with Crippen LogP contribution in [0.3, 0.4) is 0 Å². The number of hydrogen-bond acceptors (Lipinski definition) is 5. The molecule has 7 nitrogen and oxygen atoms in total. The Hall–Kier alpha value is -1.93. The topological polar surface area (TPSA) is 102 Å². The molecular weight excluding hydrogens is 416 g/mol. The first-order valence-electron chi connectivity index (χ1n) is 11.2. The number of carbonyl (C=O) groups excluding carboxylic acids is 2. The van der Waals surface area contributed by atoms with Crippen LogP contribution in [-0.4, -0.2) is 38.0 Å². The van der Waals surface area contributed by atoms with E-state index >= 15 is 0 Å². The van der Waals surface area contributed by atoms with Gasteiger partial charge in [0.05, 0.1) is 4.90 Å². The molecule has 0 heterocycles. The minimum Gasteiger partial charge on any atom is -0.451 e. The summed E-state index contributed by atoms with van der Waals surface area (Å²) in [5, 5.41) is 3.19. The Morgan fingerprint density at radius 1 is 1.00 bits per heavy atom. The highest BCUT2D eigenvalue weighted by Crippen LogP contribution is 2.55. The van der Waals surface area contributed by atoms with Crippen molar-refractivity contribution < 1.29 is 22.7 Å². The molecule has 4 saturated carbocycles. The summed E-state index contributed by atoms with van der Waals surface area (Å²) < 4.78 is 32.6. The van der Waals surface area contributed by atoms with Gasteiger partial charge < -0.3 is 10.1 Å². The monoisotopic (exact) mass is 448 g/mol. The molecule has 4 bridgehead atoms. The Bertz CT molecular complexity index is 921. The van der Waals surface area contributed by atoms with Crippen molar-refractivity contribution in [2.24, 2.45) is 17.8 Å². The number of aryl methyl sites for hydroxylation is 1. The summed E-state index contributed by atoms with van der Waals surface area (Å²) in [6.07, 6.45) is 5.88. The first-order chi connectivity index (χ1) is 14.6. The number of esters is 1. The minimum absolute atomic E-state index is 0.0744. The molecule has 0 saturated heterocycles. The van der Waals surface area contributed by atoms with Crippen LogP contribution in [0.1, 0.15) is 57.9 Å². The molecule has 5 rings (SSSR count). The van der Waals surface area contributed by atoms with E-state index in [0.717, 1.165) is 24.8 Å². The molecule has 0 aromatic heterocycles. The Kier molecular flexibility index (Phi) is 5.89. The van der Waals surface area contributed by atoms with Gasteiger partial charge in [-0.05, 0) is 89.2 Å². The lowest BCUT2D eigenvalue weighted by Gasteiger charge is -2.57. The summed E-state index contributed by atoms with van der Waals surface area (Å²) in [7, 11) is -3.87. The Balaban J connectivity index is 1.32. The van der Waals surface area contributed by atoms with Gasteiger partial charge in [0.15, 0.2) is 6.10 Å². The van der Waals surface area contributed by atoms with Crippen molar-refractivity contribution in [3.63, 3.8) is 0 Å². The van der Waals surface area contributed by atoms with Crippen LogP contribution in [0.15, 0.2) is 29.2 Å². The van der Waals surface area contributed by atoms with Gasteiger partial charge in [-0.15, -0.1) is 0 Å². The summed E-state index contributed by atoms with van der Waals surface area (Å²) in [6, 6.07) is 5.23. The maximum absolute atomic E-state index is 12.8. The number of sulfonamides is 1. The van der Waals surface area contributed by atoms with Gasteiger partial charge in [0.2, 0.25) is 10.0 Å². The van der Waals surface area contributed by atoms with Crippen LogP contribution < -0.4 is 10.0 Å². The Morgan fingerprint density at radius 3 is 2.03 bits per heavy atom. The SMILES string of the molecule is Cc1ccc(S(=O)(=O)N[C@@H](C)C(=O)O[C@H](C)C(=O)NC23CC4CC(CC(C4)C2)C3)cc1. The fourth-order valence-electron chi connectivity index (χ4n) is 6.02. The van der Waals surface area contributed by atoms with Crippen molar-refractivity contribution in [2.45, 2.75) is 81.9 Å². The smallest absolute Gasteiger partial charge is 0.324 e.